The van der Waals surface area contributed by atoms with Gasteiger partial charge < -0.3 is 9.64 Å². The van der Waals surface area contributed by atoms with Crippen LogP contribution in [0.1, 0.15) is 6.92 Å². The van der Waals surface area contributed by atoms with Gasteiger partial charge in [0.25, 0.3) is 0 Å². The van der Waals surface area contributed by atoms with Crippen molar-refractivity contribution in [1.29, 1.82) is 0 Å². The standard InChI is InChI=1S/C13H17N5O/c1-13(19-3)8-18(9-13)12-5-4-10(15-16-12)11-6-7-14-17(11)2/h4-7H,8-9H2,1-3H3. The van der Waals surface area contributed by atoms with Crippen molar-refractivity contribution in [3.05, 3.63) is 24.4 Å². The van der Waals surface area contributed by atoms with Crippen LogP contribution in [0.4, 0.5) is 5.82 Å². The van der Waals surface area contributed by atoms with Crippen molar-refractivity contribution in [2.75, 3.05) is 25.1 Å². The van der Waals surface area contributed by atoms with E-state index >= 15 is 0 Å². The zero-order valence-corrected chi connectivity index (χ0v) is 11.4. The second-order valence-electron chi connectivity index (χ2n) is 5.13. The molecule has 0 aromatic carbocycles. The van der Waals surface area contributed by atoms with Crippen LogP contribution in [0.15, 0.2) is 24.4 Å². The van der Waals surface area contributed by atoms with E-state index in [1.807, 2.05) is 25.2 Å². The number of aromatic nitrogens is 4. The van der Waals surface area contributed by atoms with Gasteiger partial charge in [-0.3, -0.25) is 4.68 Å². The summed E-state index contributed by atoms with van der Waals surface area (Å²) in [5.41, 5.74) is 1.74. The van der Waals surface area contributed by atoms with E-state index in [2.05, 4.69) is 27.1 Å². The third kappa shape index (κ3) is 2.08. The molecule has 0 saturated carbocycles. The SMILES string of the molecule is COC1(C)CN(c2ccc(-c3ccnn3C)nn2)C1. The monoisotopic (exact) mass is 259 g/mol. The number of methoxy groups -OCH3 is 1. The van der Waals surface area contributed by atoms with Gasteiger partial charge in [-0.25, -0.2) is 0 Å². The summed E-state index contributed by atoms with van der Waals surface area (Å²) in [6.45, 7) is 3.80. The molecule has 1 saturated heterocycles. The van der Waals surface area contributed by atoms with Crippen LogP contribution in [0.5, 0.6) is 0 Å². The molecule has 19 heavy (non-hydrogen) atoms. The number of nitrogens with zero attached hydrogens (tertiary/aromatic N) is 5. The largest absolute Gasteiger partial charge is 0.375 e. The summed E-state index contributed by atoms with van der Waals surface area (Å²) in [6, 6.07) is 5.89. The van der Waals surface area contributed by atoms with E-state index in [-0.39, 0.29) is 5.60 Å². The molecule has 0 radical (unpaired) electrons. The third-order valence-corrected chi connectivity index (χ3v) is 3.60. The maximum Gasteiger partial charge on any atom is 0.151 e. The first-order valence-corrected chi connectivity index (χ1v) is 6.23. The molecule has 1 aliphatic rings. The summed E-state index contributed by atoms with van der Waals surface area (Å²) in [5.74, 6) is 0.889. The molecule has 0 N–H and O–H groups in total. The van der Waals surface area contributed by atoms with E-state index in [4.69, 9.17) is 4.74 Å². The van der Waals surface area contributed by atoms with E-state index < -0.39 is 0 Å². The number of aryl methyl sites for hydroxylation is 1. The number of hydrogen-bond acceptors (Lipinski definition) is 5. The maximum absolute atomic E-state index is 5.42. The lowest BCUT2D eigenvalue weighted by molar-refractivity contribution is -0.0172. The van der Waals surface area contributed by atoms with E-state index in [0.717, 1.165) is 30.3 Å². The minimum absolute atomic E-state index is 0.0532. The molecule has 0 bridgehead atoms. The number of ether oxygens (including phenoxy) is 1. The first-order chi connectivity index (χ1) is 9.11. The second kappa shape index (κ2) is 4.31. The number of hydrogen-bond donors (Lipinski definition) is 0. The Labute approximate surface area is 112 Å². The fourth-order valence-corrected chi connectivity index (χ4v) is 2.31. The minimum Gasteiger partial charge on any atom is -0.375 e. The van der Waals surface area contributed by atoms with Crippen LogP contribution < -0.4 is 4.90 Å². The van der Waals surface area contributed by atoms with Crippen molar-refractivity contribution >= 4 is 5.82 Å². The highest BCUT2D eigenvalue weighted by Crippen LogP contribution is 2.28. The van der Waals surface area contributed by atoms with Gasteiger partial charge in [0.15, 0.2) is 5.82 Å². The van der Waals surface area contributed by atoms with Crippen LogP contribution in [-0.2, 0) is 11.8 Å². The highest BCUT2D eigenvalue weighted by molar-refractivity contribution is 5.55. The Hall–Kier alpha value is -1.95. The first kappa shape index (κ1) is 12.1. The van der Waals surface area contributed by atoms with Gasteiger partial charge in [-0.2, -0.15) is 5.10 Å². The van der Waals surface area contributed by atoms with Crippen LogP contribution >= 0.6 is 0 Å². The molecule has 3 rings (SSSR count). The fraction of sp³-hybridized carbons (Fsp3) is 0.462. The van der Waals surface area contributed by atoms with Crippen LogP contribution in [0, 0.1) is 0 Å². The zero-order valence-electron chi connectivity index (χ0n) is 11.4. The highest BCUT2D eigenvalue weighted by atomic mass is 16.5. The van der Waals surface area contributed by atoms with Crippen LogP contribution in [0.3, 0.4) is 0 Å². The molecule has 6 heteroatoms. The normalized spacial score (nSPS) is 17.3. The van der Waals surface area contributed by atoms with Gasteiger partial charge in [0.05, 0.1) is 24.4 Å². The van der Waals surface area contributed by atoms with Gasteiger partial charge in [0.2, 0.25) is 0 Å². The molecule has 0 aliphatic carbocycles. The maximum atomic E-state index is 5.42. The molecule has 2 aromatic rings. The van der Waals surface area contributed by atoms with E-state index in [1.54, 1.807) is 18.0 Å². The Bertz CT molecular complexity index is 571. The number of rotatable bonds is 3. The fourth-order valence-electron chi connectivity index (χ4n) is 2.31. The van der Waals surface area contributed by atoms with Crippen molar-refractivity contribution in [1.82, 2.24) is 20.0 Å². The predicted octanol–water partition coefficient (Wildman–Crippen LogP) is 1.10. The Morgan fingerprint density at radius 2 is 2.00 bits per heavy atom. The molecule has 0 unspecified atom stereocenters. The molecule has 0 amide bonds. The van der Waals surface area contributed by atoms with Crippen molar-refractivity contribution in [3.63, 3.8) is 0 Å². The van der Waals surface area contributed by atoms with Gasteiger partial charge in [0.1, 0.15) is 5.69 Å². The summed E-state index contributed by atoms with van der Waals surface area (Å²) in [7, 11) is 3.64. The van der Waals surface area contributed by atoms with Crippen LogP contribution in [-0.4, -0.2) is 45.8 Å². The number of anilines is 1. The lowest BCUT2D eigenvalue weighted by Crippen LogP contribution is -2.61. The van der Waals surface area contributed by atoms with Gasteiger partial charge in [-0.1, -0.05) is 0 Å². The van der Waals surface area contributed by atoms with Crippen molar-refractivity contribution in [2.45, 2.75) is 12.5 Å². The second-order valence-corrected chi connectivity index (χ2v) is 5.13. The first-order valence-electron chi connectivity index (χ1n) is 6.23. The van der Waals surface area contributed by atoms with Crippen LogP contribution in [0.2, 0.25) is 0 Å². The van der Waals surface area contributed by atoms with Gasteiger partial charge in [0, 0.05) is 20.4 Å². The molecule has 6 nitrogen and oxygen atoms in total. The average Bonchev–Trinajstić information content (AvgIpc) is 2.82. The van der Waals surface area contributed by atoms with Gasteiger partial charge in [-0.15, -0.1) is 10.2 Å². The molecule has 0 spiro atoms. The Morgan fingerprint density at radius 1 is 1.21 bits per heavy atom. The molecular weight excluding hydrogens is 242 g/mol. The summed E-state index contributed by atoms with van der Waals surface area (Å²) < 4.78 is 7.21. The Balaban J connectivity index is 1.76. The lowest BCUT2D eigenvalue weighted by Gasteiger charge is -2.47. The molecule has 0 atom stereocenters. The summed E-state index contributed by atoms with van der Waals surface area (Å²) in [6.07, 6.45) is 1.75. The third-order valence-electron chi connectivity index (χ3n) is 3.60. The summed E-state index contributed by atoms with van der Waals surface area (Å²) in [4.78, 5) is 2.16. The van der Waals surface area contributed by atoms with E-state index in [9.17, 15) is 0 Å². The molecule has 2 aromatic heterocycles. The van der Waals surface area contributed by atoms with Crippen molar-refractivity contribution < 1.29 is 4.74 Å². The van der Waals surface area contributed by atoms with Crippen molar-refractivity contribution in [2.24, 2.45) is 7.05 Å². The zero-order chi connectivity index (χ0) is 13.5. The minimum atomic E-state index is -0.0532. The van der Waals surface area contributed by atoms with Gasteiger partial charge in [-0.05, 0) is 25.1 Å². The topological polar surface area (TPSA) is 56.1 Å². The highest BCUT2D eigenvalue weighted by Gasteiger charge is 2.39. The Morgan fingerprint density at radius 3 is 2.53 bits per heavy atom. The Kier molecular flexibility index (Phi) is 2.74. The van der Waals surface area contributed by atoms with Crippen molar-refractivity contribution in [3.8, 4) is 11.4 Å². The van der Waals surface area contributed by atoms with Crippen LogP contribution in [0.25, 0.3) is 11.4 Å². The summed E-state index contributed by atoms with van der Waals surface area (Å²) in [5, 5.41) is 12.7. The average molecular weight is 259 g/mol. The molecule has 3 heterocycles. The van der Waals surface area contributed by atoms with Gasteiger partial charge >= 0.3 is 0 Å². The smallest absolute Gasteiger partial charge is 0.151 e. The summed E-state index contributed by atoms with van der Waals surface area (Å²) >= 11 is 0. The molecular formula is C13H17N5O. The predicted molar refractivity (Wildman–Crippen MR) is 71.9 cm³/mol. The molecule has 100 valence electrons. The molecule has 1 fully saturated rings. The lowest BCUT2D eigenvalue weighted by atomic mass is 9.97. The molecule has 1 aliphatic heterocycles. The quantitative estimate of drug-likeness (QED) is 0.826. The van der Waals surface area contributed by atoms with E-state index in [0.29, 0.717) is 0 Å². The van der Waals surface area contributed by atoms with E-state index in [1.165, 1.54) is 0 Å².